The second-order valence-corrected chi connectivity index (χ2v) is 7.13. The quantitative estimate of drug-likeness (QED) is 0.635. The van der Waals surface area contributed by atoms with Gasteiger partial charge in [-0.15, -0.1) is 0 Å². The molecule has 0 bridgehead atoms. The molecule has 1 atom stereocenters. The van der Waals surface area contributed by atoms with Crippen LogP contribution in [0.4, 0.5) is 0 Å². The highest BCUT2D eigenvalue weighted by atomic mass is 35.5. The van der Waals surface area contributed by atoms with Crippen LogP contribution in [-0.2, 0) is 13.1 Å². The van der Waals surface area contributed by atoms with Crippen LogP contribution >= 0.6 is 11.6 Å². The molecular formula is C22H23ClN2O. The number of hydrogen-bond donors (Lipinski definition) is 0. The lowest BCUT2D eigenvalue weighted by atomic mass is 10.0. The number of benzene rings is 2. The highest BCUT2D eigenvalue weighted by molar-refractivity contribution is 6.31. The third-order valence-corrected chi connectivity index (χ3v) is 5.44. The Bertz CT molecular complexity index is 872. The Morgan fingerprint density at radius 2 is 1.81 bits per heavy atom. The van der Waals surface area contributed by atoms with Gasteiger partial charge in [0.05, 0.1) is 13.2 Å². The van der Waals surface area contributed by atoms with E-state index in [2.05, 4.69) is 52.1 Å². The molecule has 1 aliphatic heterocycles. The predicted molar refractivity (Wildman–Crippen MR) is 106 cm³/mol. The van der Waals surface area contributed by atoms with Gasteiger partial charge in [0.1, 0.15) is 5.75 Å². The molecule has 0 radical (unpaired) electrons. The summed E-state index contributed by atoms with van der Waals surface area (Å²) in [5, 5.41) is 0.826. The van der Waals surface area contributed by atoms with E-state index in [4.69, 9.17) is 16.3 Å². The summed E-state index contributed by atoms with van der Waals surface area (Å²) < 4.78 is 7.65. The standard InChI is InChI=1S/C22H23ClN2O/c1-26-18-11-9-17(10-12-18)16-25-15-5-14-24-13-4-8-21(24)22(25)19-6-2-3-7-20(19)23/h2-4,6-13,22H,5,14-16H2,1H3. The van der Waals surface area contributed by atoms with Gasteiger partial charge in [0.2, 0.25) is 0 Å². The van der Waals surface area contributed by atoms with Crippen molar-refractivity contribution in [3.05, 3.63) is 88.7 Å². The second-order valence-electron chi connectivity index (χ2n) is 6.72. The first-order chi connectivity index (χ1) is 12.8. The lowest BCUT2D eigenvalue weighted by molar-refractivity contribution is 0.220. The highest BCUT2D eigenvalue weighted by Crippen LogP contribution is 2.36. The number of aromatic nitrogens is 1. The van der Waals surface area contributed by atoms with E-state index in [-0.39, 0.29) is 6.04 Å². The molecule has 3 aromatic rings. The van der Waals surface area contributed by atoms with Crippen molar-refractivity contribution in [2.24, 2.45) is 0 Å². The summed E-state index contributed by atoms with van der Waals surface area (Å²) in [6, 6.07) is 21.1. The minimum absolute atomic E-state index is 0.156. The molecule has 0 spiro atoms. The minimum atomic E-state index is 0.156. The van der Waals surface area contributed by atoms with Crippen molar-refractivity contribution < 1.29 is 4.74 Å². The van der Waals surface area contributed by atoms with Gasteiger partial charge in [-0.1, -0.05) is 41.9 Å². The molecule has 1 unspecified atom stereocenters. The van der Waals surface area contributed by atoms with Crippen molar-refractivity contribution in [2.45, 2.75) is 25.6 Å². The van der Waals surface area contributed by atoms with E-state index in [1.807, 2.05) is 24.3 Å². The summed E-state index contributed by atoms with van der Waals surface area (Å²) in [4.78, 5) is 2.53. The summed E-state index contributed by atoms with van der Waals surface area (Å²) in [5.41, 5.74) is 3.76. The van der Waals surface area contributed by atoms with E-state index in [9.17, 15) is 0 Å². The molecule has 134 valence electrons. The van der Waals surface area contributed by atoms with Crippen molar-refractivity contribution in [3.8, 4) is 5.75 Å². The number of fused-ring (bicyclic) bond motifs is 1. The van der Waals surface area contributed by atoms with Crippen LogP contribution in [0.3, 0.4) is 0 Å². The summed E-state index contributed by atoms with van der Waals surface area (Å²) >= 11 is 6.60. The monoisotopic (exact) mass is 366 g/mol. The average molecular weight is 367 g/mol. The van der Waals surface area contributed by atoms with Crippen molar-refractivity contribution in [2.75, 3.05) is 13.7 Å². The maximum atomic E-state index is 6.60. The van der Waals surface area contributed by atoms with E-state index >= 15 is 0 Å². The van der Waals surface area contributed by atoms with E-state index < -0.39 is 0 Å². The molecule has 0 saturated heterocycles. The molecule has 26 heavy (non-hydrogen) atoms. The zero-order valence-electron chi connectivity index (χ0n) is 14.9. The Kier molecular flexibility index (Phi) is 5.00. The smallest absolute Gasteiger partial charge is 0.118 e. The predicted octanol–water partition coefficient (Wildman–Crippen LogP) is 5.15. The molecule has 1 aromatic heterocycles. The molecular weight excluding hydrogens is 344 g/mol. The van der Waals surface area contributed by atoms with E-state index in [0.717, 1.165) is 36.8 Å². The highest BCUT2D eigenvalue weighted by Gasteiger charge is 2.28. The number of aryl methyl sites for hydroxylation is 1. The summed E-state index contributed by atoms with van der Waals surface area (Å²) in [6.45, 7) is 2.96. The van der Waals surface area contributed by atoms with Crippen LogP contribution < -0.4 is 4.74 Å². The normalized spacial score (nSPS) is 17.5. The Morgan fingerprint density at radius 1 is 1.00 bits per heavy atom. The van der Waals surface area contributed by atoms with Crippen LogP contribution in [0.15, 0.2) is 66.9 Å². The number of nitrogens with zero attached hydrogens (tertiary/aromatic N) is 2. The molecule has 0 fully saturated rings. The number of hydrogen-bond acceptors (Lipinski definition) is 2. The first-order valence-electron chi connectivity index (χ1n) is 9.03. The fourth-order valence-corrected chi connectivity index (χ4v) is 4.07. The van der Waals surface area contributed by atoms with E-state index in [0.29, 0.717) is 0 Å². The fraction of sp³-hybridized carbons (Fsp3) is 0.273. The Balaban J connectivity index is 1.72. The lowest BCUT2D eigenvalue weighted by Crippen LogP contribution is -2.29. The van der Waals surface area contributed by atoms with E-state index in [1.165, 1.54) is 16.8 Å². The van der Waals surface area contributed by atoms with Gasteiger partial charge in [0.15, 0.2) is 0 Å². The van der Waals surface area contributed by atoms with Crippen molar-refractivity contribution in [1.82, 2.24) is 9.47 Å². The van der Waals surface area contributed by atoms with E-state index in [1.54, 1.807) is 7.11 Å². The van der Waals surface area contributed by atoms with Crippen molar-refractivity contribution >= 4 is 11.6 Å². The van der Waals surface area contributed by atoms with Gasteiger partial charge in [-0.3, -0.25) is 4.90 Å². The van der Waals surface area contributed by atoms with Gasteiger partial charge in [-0.25, -0.2) is 0 Å². The molecule has 3 nitrogen and oxygen atoms in total. The first-order valence-corrected chi connectivity index (χ1v) is 9.40. The molecule has 0 aliphatic carbocycles. The van der Waals surface area contributed by atoms with Gasteiger partial charge in [0, 0.05) is 36.5 Å². The SMILES string of the molecule is COc1ccc(CN2CCCn3cccc3C2c2ccccc2Cl)cc1. The van der Waals surface area contributed by atoms with Crippen LogP contribution in [0.25, 0.3) is 0 Å². The maximum absolute atomic E-state index is 6.60. The van der Waals surface area contributed by atoms with Crippen LogP contribution in [-0.4, -0.2) is 23.1 Å². The van der Waals surface area contributed by atoms with Gasteiger partial charge >= 0.3 is 0 Å². The summed E-state index contributed by atoms with van der Waals surface area (Å²) in [5.74, 6) is 0.890. The Hall–Kier alpha value is -2.23. The third kappa shape index (κ3) is 3.37. The first kappa shape index (κ1) is 17.2. The molecule has 4 rings (SSSR count). The zero-order valence-corrected chi connectivity index (χ0v) is 15.7. The molecule has 2 heterocycles. The zero-order chi connectivity index (χ0) is 17.9. The number of methoxy groups -OCH3 is 1. The molecule has 0 N–H and O–H groups in total. The Morgan fingerprint density at radius 3 is 2.58 bits per heavy atom. The molecule has 1 aliphatic rings. The fourth-order valence-electron chi connectivity index (χ4n) is 3.83. The number of halogens is 1. The van der Waals surface area contributed by atoms with Crippen LogP contribution in [0.1, 0.15) is 29.3 Å². The van der Waals surface area contributed by atoms with Gasteiger partial charge in [-0.05, 0) is 47.9 Å². The lowest BCUT2D eigenvalue weighted by Gasteiger charge is -2.31. The number of ether oxygens (including phenoxy) is 1. The molecule has 4 heteroatoms. The maximum Gasteiger partial charge on any atom is 0.118 e. The van der Waals surface area contributed by atoms with Gasteiger partial charge in [0.25, 0.3) is 0 Å². The second kappa shape index (κ2) is 7.56. The topological polar surface area (TPSA) is 17.4 Å². The molecule has 2 aromatic carbocycles. The van der Waals surface area contributed by atoms with Crippen LogP contribution in [0.5, 0.6) is 5.75 Å². The average Bonchev–Trinajstić information content (AvgIpc) is 3.05. The largest absolute Gasteiger partial charge is 0.497 e. The van der Waals surface area contributed by atoms with Crippen LogP contribution in [0.2, 0.25) is 5.02 Å². The molecule has 0 amide bonds. The summed E-state index contributed by atoms with van der Waals surface area (Å²) in [6.07, 6.45) is 3.30. The van der Waals surface area contributed by atoms with Crippen molar-refractivity contribution in [3.63, 3.8) is 0 Å². The van der Waals surface area contributed by atoms with Gasteiger partial charge < -0.3 is 9.30 Å². The van der Waals surface area contributed by atoms with Crippen LogP contribution in [0, 0.1) is 0 Å². The minimum Gasteiger partial charge on any atom is -0.497 e. The molecule has 0 saturated carbocycles. The van der Waals surface area contributed by atoms with Gasteiger partial charge in [-0.2, -0.15) is 0 Å². The Labute approximate surface area is 159 Å². The third-order valence-electron chi connectivity index (χ3n) is 5.10. The number of rotatable bonds is 4. The summed E-state index contributed by atoms with van der Waals surface area (Å²) in [7, 11) is 1.70. The van der Waals surface area contributed by atoms with Crippen molar-refractivity contribution in [1.29, 1.82) is 0 Å².